The molecule has 0 saturated heterocycles. The molecule has 0 saturated carbocycles. The Morgan fingerprint density at radius 3 is 2.65 bits per heavy atom. The van der Waals surface area contributed by atoms with E-state index in [-0.39, 0.29) is 0 Å². The van der Waals surface area contributed by atoms with Crippen molar-refractivity contribution in [1.29, 1.82) is 0 Å². The second-order valence-electron chi connectivity index (χ2n) is 5.02. The third-order valence-electron chi connectivity index (χ3n) is 3.35. The molecule has 3 rings (SSSR count). The first kappa shape index (κ1) is 14.9. The van der Waals surface area contributed by atoms with Gasteiger partial charge in [-0.25, -0.2) is 0 Å². The SMILES string of the molecule is CCc1ccc(Nc2cnnc(NCc3ccccn3)n2)cc1. The van der Waals surface area contributed by atoms with Gasteiger partial charge in [0.2, 0.25) is 5.95 Å². The van der Waals surface area contributed by atoms with Crippen molar-refractivity contribution in [1.82, 2.24) is 20.2 Å². The lowest BCUT2D eigenvalue weighted by Crippen LogP contribution is -2.07. The zero-order chi connectivity index (χ0) is 15.9. The molecule has 2 aromatic heterocycles. The zero-order valence-electron chi connectivity index (χ0n) is 12.9. The molecule has 0 aliphatic rings. The van der Waals surface area contributed by atoms with Gasteiger partial charge in [0.25, 0.3) is 0 Å². The highest BCUT2D eigenvalue weighted by Gasteiger charge is 2.02. The van der Waals surface area contributed by atoms with Gasteiger partial charge in [-0.2, -0.15) is 10.1 Å². The Balaban J connectivity index is 1.64. The molecule has 0 unspecified atom stereocenters. The van der Waals surface area contributed by atoms with E-state index in [1.165, 1.54) is 5.56 Å². The number of aryl methyl sites for hydroxylation is 1. The zero-order valence-corrected chi connectivity index (χ0v) is 12.9. The minimum Gasteiger partial charge on any atom is -0.347 e. The molecule has 116 valence electrons. The molecular weight excluding hydrogens is 288 g/mol. The van der Waals surface area contributed by atoms with Crippen LogP contribution in [0.15, 0.2) is 54.9 Å². The number of rotatable bonds is 6. The number of benzene rings is 1. The highest BCUT2D eigenvalue weighted by molar-refractivity contribution is 5.56. The largest absolute Gasteiger partial charge is 0.347 e. The summed E-state index contributed by atoms with van der Waals surface area (Å²) in [6, 6.07) is 14.0. The summed E-state index contributed by atoms with van der Waals surface area (Å²) in [6.45, 7) is 2.69. The molecule has 0 aliphatic heterocycles. The van der Waals surface area contributed by atoms with Gasteiger partial charge in [-0.05, 0) is 36.2 Å². The number of pyridine rings is 1. The van der Waals surface area contributed by atoms with E-state index in [0.717, 1.165) is 17.8 Å². The van der Waals surface area contributed by atoms with Crippen LogP contribution in [-0.2, 0) is 13.0 Å². The van der Waals surface area contributed by atoms with Crippen LogP contribution < -0.4 is 10.6 Å². The predicted molar refractivity (Wildman–Crippen MR) is 90.5 cm³/mol. The van der Waals surface area contributed by atoms with Crippen molar-refractivity contribution in [3.8, 4) is 0 Å². The first-order valence-corrected chi connectivity index (χ1v) is 7.53. The second-order valence-corrected chi connectivity index (χ2v) is 5.02. The molecule has 0 spiro atoms. The summed E-state index contributed by atoms with van der Waals surface area (Å²) in [7, 11) is 0. The van der Waals surface area contributed by atoms with Gasteiger partial charge in [-0.1, -0.05) is 25.1 Å². The van der Waals surface area contributed by atoms with Gasteiger partial charge in [-0.3, -0.25) is 4.98 Å². The van der Waals surface area contributed by atoms with Gasteiger partial charge in [0.15, 0.2) is 5.82 Å². The molecule has 1 aromatic carbocycles. The second kappa shape index (κ2) is 7.31. The van der Waals surface area contributed by atoms with Crippen molar-refractivity contribution < 1.29 is 0 Å². The fraction of sp³-hybridized carbons (Fsp3) is 0.176. The predicted octanol–water partition coefficient (Wildman–Crippen LogP) is 3.18. The minimum absolute atomic E-state index is 0.464. The summed E-state index contributed by atoms with van der Waals surface area (Å²) in [6.07, 6.45) is 4.38. The molecule has 6 heteroatoms. The molecule has 2 N–H and O–H groups in total. The van der Waals surface area contributed by atoms with Crippen LogP contribution in [0.1, 0.15) is 18.2 Å². The maximum absolute atomic E-state index is 4.40. The van der Waals surface area contributed by atoms with Crippen LogP contribution in [0.3, 0.4) is 0 Å². The molecule has 0 radical (unpaired) electrons. The van der Waals surface area contributed by atoms with Crippen molar-refractivity contribution in [2.45, 2.75) is 19.9 Å². The normalized spacial score (nSPS) is 10.3. The first-order valence-electron chi connectivity index (χ1n) is 7.53. The van der Waals surface area contributed by atoms with Crippen LogP contribution >= 0.6 is 0 Å². The molecule has 0 bridgehead atoms. The molecule has 0 aliphatic carbocycles. The van der Waals surface area contributed by atoms with Crippen molar-refractivity contribution in [2.75, 3.05) is 10.6 Å². The lowest BCUT2D eigenvalue weighted by molar-refractivity contribution is 0.934. The van der Waals surface area contributed by atoms with E-state index in [1.807, 2.05) is 30.3 Å². The number of hydrogen-bond donors (Lipinski definition) is 2. The van der Waals surface area contributed by atoms with Crippen LogP contribution in [0.2, 0.25) is 0 Å². The topological polar surface area (TPSA) is 75.6 Å². The Bertz CT molecular complexity index is 743. The molecule has 0 atom stereocenters. The summed E-state index contributed by atoms with van der Waals surface area (Å²) < 4.78 is 0. The number of nitrogens with one attached hydrogen (secondary N) is 2. The summed E-state index contributed by atoms with van der Waals surface area (Å²) in [5, 5.41) is 14.3. The molecule has 2 heterocycles. The third-order valence-corrected chi connectivity index (χ3v) is 3.35. The van der Waals surface area contributed by atoms with Gasteiger partial charge in [0, 0.05) is 11.9 Å². The Morgan fingerprint density at radius 1 is 1.04 bits per heavy atom. The van der Waals surface area contributed by atoms with Crippen molar-refractivity contribution in [3.63, 3.8) is 0 Å². The fourth-order valence-corrected chi connectivity index (χ4v) is 2.08. The van der Waals surface area contributed by atoms with Crippen molar-refractivity contribution >= 4 is 17.5 Å². The highest BCUT2D eigenvalue weighted by Crippen LogP contribution is 2.15. The Morgan fingerprint density at radius 2 is 1.91 bits per heavy atom. The Hall–Kier alpha value is -3.02. The summed E-state index contributed by atoms with van der Waals surface area (Å²) >= 11 is 0. The van der Waals surface area contributed by atoms with E-state index in [2.05, 4.69) is 49.9 Å². The van der Waals surface area contributed by atoms with Gasteiger partial charge in [0.1, 0.15) is 0 Å². The summed E-state index contributed by atoms with van der Waals surface area (Å²) in [5.74, 6) is 1.11. The Kier molecular flexibility index (Phi) is 4.73. The fourth-order valence-electron chi connectivity index (χ4n) is 2.08. The molecule has 0 amide bonds. The standard InChI is InChI=1S/C17H18N6/c1-2-13-6-8-14(9-7-13)21-16-12-20-23-17(22-16)19-11-15-5-3-4-10-18-15/h3-10,12H,2,11H2,1H3,(H2,19,21,22,23). The summed E-state index contributed by atoms with van der Waals surface area (Å²) in [4.78, 5) is 8.65. The smallest absolute Gasteiger partial charge is 0.245 e. The first-order chi connectivity index (χ1) is 11.3. The molecule has 0 fully saturated rings. The quantitative estimate of drug-likeness (QED) is 0.728. The highest BCUT2D eigenvalue weighted by atomic mass is 15.3. The maximum atomic E-state index is 4.40. The van der Waals surface area contributed by atoms with Gasteiger partial charge >= 0.3 is 0 Å². The van der Waals surface area contributed by atoms with E-state index >= 15 is 0 Å². The van der Waals surface area contributed by atoms with E-state index in [4.69, 9.17) is 0 Å². The third kappa shape index (κ3) is 4.23. The molecule has 23 heavy (non-hydrogen) atoms. The van der Waals surface area contributed by atoms with Crippen molar-refractivity contribution in [3.05, 3.63) is 66.1 Å². The average Bonchev–Trinajstić information content (AvgIpc) is 2.62. The number of aromatic nitrogens is 4. The minimum atomic E-state index is 0.464. The van der Waals surface area contributed by atoms with E-state index < -0.39 is 0 Å². The van der Waals surface area contributed by atoms with Crippen LogP contribution in [0.4, 0.5) is 17.5 Å². The van der Waals surface area contributed by atoms with Crippen LogP contribution in [0, 0.1) is 0 Å². The number of nitrogens with zero attached hydrogens (tertiary/aromatic N) is 4. The number of hydrogen-bond acceptors (Lipinski definition) is 6. The van der Waals surface area contributed by atoms with Gasteiger partial charge in [0.05, 0.1) is 18.4 Å². The molecule has 6 nitrogen and oxygen atoms in total. The van der Waals surface area contributed by atoms with Crippen LogP contribution in [0.5, 0.6) is 0 Å². The van der Waals surface area contributed by atoms with Gasteiger partial charge < -0.3 is 10.6 Å². The lowest BCUT2D eigenvalue weighted by atomic mass is 10.1. The molecular formula is C17H18N6. The van der Waals surface area contributed by atoms with Crippen LogP contribution in [-0.4, -0.2) is 20.2 Å². The monoisotopic (exact) mass is 306 g/mol. The lowest BCUT2D eigenvalue weighted by Gasteiger charge is -2.08. The summed E-state index contributed by atoms with van der Waals surface area (Å²) in [5.41, 5.74) is 3.19. The maximum Gasteiger partial charge on any atom is 0.245 e. The van der Waals surface area contributed by atoms with E-state index in [1.54, 1.807) is 12.4 Å². The molecule has 3 aromatic rings. The van der Waals surface area contributed by atoms with Crippen LogP contribution in [0.25, 0.3) is 0 Å². The number of anilines is 3. The van der Waals surface area contributed by atoms with E-state index in [9.17, 15) is 0 Å². The van der Waals surface area contributed by atoms with E-state index in [0.29, 0.717) is 18.3 Å². The van der Waals surface area contributed by atoms with Crippen molar-refractivity contribution in [2.24, 2.45) is 0 Å². The Labute approximate surface area is 135 Å². The van der Waals surface area contributed by atoms with Gasteiger partial charge in [-0.15, -0.1) is 5.10 Å². The average molecular weight is 306 g/mol.